The molecule has 0 radical (unpaired) electrons. The molecule has 0 atom stereocenters. The van der Waals surface area contributed by atoms with E-state index in [2.05, 4.69) is 9.97 Å². The number of halogens is 3. The molecule has 0 aliphatic rings. The Bertz CT molecular complexity index is 980. The van der Waals surface area contributed by atoms with Crippen LogP contribution in [0.15, 0.2) is 17.3 Å². The third-order valence-electron chi connectivity index (χ3n) is 3.02. The first-order valence-corrected chi connectivity index (χ1v) is 7.78. The molecule has 0 unspecified atom stereocenters. The van der Waals surface area contributed by atoms with Gasteiger partial charge >= 0.3 is 6.18 Å². The number of alkyl halides is 3. The minimum Gasteiger partial charge on any atom is -0.351 e. The predicted octanol–water partition coefficient (Wildman–Crippen LogP) is -0.166. The van der Waals surface area contributed by atoms with E-state index in [1.54, 1.807) is 24.5 Å². The maximum absolute atomic E-state index is 12.4. The first kappa shape index (κ1) is 18.5. The fourth-order valence-corrected chi connectivity index (χ4v) is 3.09. The molecule has 0 fully saturated rings. The second-order valence-electron chi connectivity index (χ2n) is 4.74. The number of hydrogen-bond acceptors (Lipinski definition) is 5. The molecule has 2 aromatic heterocycles. The molecule has 2 heterocycles. The minimum atomic E-state index is -4.60. The van der Waals surface area contributed by atoms with Gasteiger partial charge in [-0.2, -0.15) is 18.4 Å². The van der Waals surface area contributed by atoms with Crippen LogP contribution in [0.5, 0.6) is 0 Å². The number of imidazole rings is 1. The minimum absolute atomic E-state index is 0.00328. The van der Waals surface area contributed by atoms with E-state index in [4.69, 9.17) is 0 Å². The summed E-state index contributed by atoms with van der Waals surface area (Å²) in [7, 11) is 0. The summed E-state index contributed by atoms with van der Waals surface area (Å²) >= 11 is 0.843. The second kappa shape index (κ2) is 7.35. The number of amides is 1. The van der Waals surface area contributed by atoms with Crippen molar-refractivity contribution in [3.8, 4) is 6.07 Å². The van der Waals surface area contributed by atoms with Crippen LogP contribution in [0, 0.1) is 11.3 Å². The van der Waals surface area contributed by atoms with Crippen LogP contribution in [0.3, 0.4) is 0 Å². The van der Waals surface area contributed by atoms with Gasteiger partial charge in [0, 0.05) is 12.7 Å². The molecule has 0 bridgehead atoms. The zero-order chi connectivity index (χ0) is 18.6. The second-order valence-corrected chi connectivity index (χ2v) is 5.77. The summed E-state index contributed by atoms with van der Waals surface area (Å²) in [6.07, 6.45) is -0.188. The van der Waals surface area contributed by atoms with E-state index in [1.165, 1.54) is 12.4 Å². The van der Waals surface area contributed by atoms with E-state index in [0.717, 1.165) is 15.9 Å². The summed E-state index contributed by atoms with van der Waals surface area (Å²) in [4.78, 5) is 31.0. The third kappa shape index (κ3) is 4.36. The Balaban J connectivity index is 2.59. The molecule has 11 heteroatoms. The van der Waals surface area contributed by atoms with Crippen molar-refractivity contribution in [1.29, 1.82) is 5.26 Å². The highest BCUT2D eigenvalue weighted by molar-refractivity contribution is 7.07. The number of carbonyl (C=O) groups is 1. The number of carbonyl (C=O) groups excluding carboxylic acids is 1. The van der Waals surface area contributed by atoms with Crippen molar-refractivity contribution < 1.29 is 18.0 Å². The summed E-state index contributed by atoms with van der Waals surface area (Å²) in [6.45, 7) is 0.209. The first-order chi connectivity index (χ1) is 11.8. The van der Waals surface area contributed by atoms with Crippen LogP contribution in [0.25, 0.3) is 11.6 Å². The third-order valence-corrected chi connectivity index (χ3v) is 4.15. The van der Waals surface area contributed by atoms with Gasteiger partial charge in [-0.25, -0.2) is 4.98 Å². The molecule has 1 amide bonds. The Morgan fingerprint density at radius 1 is 1.56 bits per heavy atom. The van der Waals surface area contributed by atoms with Crippen molar-refractivity contribution >= 4 is 28.9 Å². The van der Waals surface area contributed by atoms with Crippen molar-refractivity contribution in [2.75, 3.05) is 6.54 Å². The van der Waals surface area contributed by atoms with Gasteiger partial charge in [0.15, 0.2) is 5.57 Å². The topological polar surface area (TPSA) is 104 Å². The number of aromatic nitrogens is 3. The maximum atomic E-state index is 12.4. The molecule has 0 saturated heterocycles. The number of hydrogen-bond donors (Lipinski definition) is 2. The fraction of sp³-hybridized carbons (Fsp3) is 0.286. The lowest BCUT2D eigenvalue weighted by atomic mass is 10.3. The van der Waals surface area contributed by atoms with Crippen molar-refractivity contribution in [1.82, 2.24) is 19.9 Å². The average molecular weight is 371 g/mol. The molecule has 0 aromatic carbocycles. The van der Waals surface area contributed by atoms with E-state index in [9.17, 15) is 28.0 Å². The smallest absolute Gasteiger partial charge is 0.351 e. The number of nitrogens with zero attached hydrogens (tertiary/aromatic N) is 3. The number of aromatic amines is 1. The van der Waals surface area contributed by atoms with Crippen molar-refractivity contribution in [2.24, 2.45) is 0 Å². The van der Waals surface area contributed by atoms with Gasteiger partial charge in [-0.1, -0.05) is 0 Å². The Kier molecular flexibility index (Phi) is 5.43. The molecule has 2 N–H and O–H groups in total. The van der Waals surface area contributed by atoms with E-state index in [1.807, 2.05) is 0 Å². The normalized spacial score (nSPS) is 13.5. The van der Waals surface area contributed by atoms with Gasteiger partial charge in [0.1, 0.15) is 17.3 Å². The van der Waals surface area contributed by atoms with Crippen LogP contribution < -0.4 is 20.1 Å². The molecule has 0 saturated carbocycles. The van der Waals surface area contributed by atoms with E-state index >= 15 is 0 Å². The quantitative estimate of drug-likeness (QED) is 0.779. The molecule has 7 nitrogen and oxygen atoms in total. The highest BCUT2D eigenvalue weighted by Gasteiger charge is 2.28. The van der Waals surface area contributed by atoms with E-state index in [0.29, 0.717) is 5.69 Å². The summed E-state index contributed by atoms with van der Waals surface area (Å²) in [5, 5.41) is 10.8. The molecule has 2 aromatic rings. The highest BCUT2D eigenvalue weighted by atomic mass is 32.1. The largest absolute Gasteiger partial charge is 0.405 e. The van der Waals surface area contributed by atoms with E-state index in [-0.39, 0.29) is 15.7 Å². The molecule has 2 rings (SSSR count). The van der Waals surface area contributed by atoms with Crippen LogP contribution in [-0.2, 0) is 11.3 Å². The summed E-state index contributed by atoms with van der Waals surface area (Å²) in [6, 6.07) is 1.58. The average Bonchev–Trinajstić information content (AvgIpc) is 3.15. The zero-order valence-electron chi connectivity index (χ0n) is 12.8. The molecule has 0 spiro atoms. The summed E-state index contributed by atoms with van der Waals surface area (Å²) in [5.74, 6) is -1.19. The van der Waals surface area contributed by atoms with Crippen LogP contribution >= 0.6 is 11.3 Å². The van der Waals surface area contributed by atoms with Gasteiger partial charge < -0.3 is 10.3 Å². The molecule has 132 valence electrons. The van der Waals surface area contributed by atoms with Crippen LogP contribution in [0.4, 0.5) is 13.2 Å². The lowest BCUT2D eigenvalue weighted by Gasteiger charge is -2.07. The zero-order valence-corrected chi connectivity index (χ0v) is 13.7. The lowest BCUT2D eigenvalue weighted by Crippen LogP contribution is -2.37. The van der Waals surface area contributed by atoms with E-state index < -0.39 is 29.8 Å². The number of H-pyrrole nitrogens is 1. The van der Waals surface area contributed by atoms with Gasteiger partial charge in [-0.15, -0.1) is 11.3 Å². The number of rotatable bonds is 4. The van der Waals surface area contributed by atoms with Gasteiger partial charge in [-0.05, 0) is 13.0 Å². The lowest BCUT2D eigenvalue weighted by molar-refractivity contribution is -0.135. The Morgan fingerprint density at radius 3 is 2.80 bits per heavy atom. The standard InChI is InChI=1S/C14H12F3N5O2S/c1-2-22-12(24)10(3-8-5-19-7-21-8)25-13(22)9(4-18)11(23)20-6-14(15,16)17/h3,5,7H,2,6H2,1H3,(H,19,21)(H,20,23)/b10-3-,13-9-. The highest BCUT2D eigenvalue weighted by Crippen LogP contribution is 2.12. The monoisotopic (exact) mass is 371 g/mol. The van der Waals surface area contributed by atoms with Gasteiger partial charge in [-0.3, -0.25) is 14.2 Å². The van der Waals surface area contributed by atoms with Gasteiger partial charge in [0.05, 0.1) is 16.6 Å². The predicted molar refractivity (Wildman–Crippen MR) is 83.7 cm³/mol. The van der Waals surface area contributed by atoms with Crippen molar-refractivity contribution in [3.63, 3.8) is 0 Å². The Labute approximate surface area is 142 Å². The van der Waals surface area contributed by atoms with Crippen LogP contribution in [0.2, 0.25) is 0 Å². The van der Waals surface area contributed by atoms with Crippen LogP contribution in [-0.4, -0.2) is 33.2 Å². The first-order valence-electron chi connectivity index (χ1n) is 6.96. The van der Waals surface area contributed by atoms with Gasteiger partial charge in [0.25, 0.3) is 11.5 Å². The van der Waals surface area contributed by atoms with Gasteiger partial charge in [0.2, 0.25) is 0 Å². The maximum Gasteiger partial charge on any atom is 0.405 e. The fourth-order valence-electron chi connectivity index (χ4n) is 1.94. The number of nitrogens with one attached hydrogen (secondary N) is 2. The molecule has 25 heavy (non-hydrogen) atoms. The Hall–Kier alpha value is -2.87. The van der Waals surface area contributed by atoms with Crippen LogP contribution in [0.1, 0.15) is 12.6 Å². The Morgan fingerprint density at radius 2 is 2.28 bits per heavy atom. The molecule has 0 aliphatic carbocycles. The summed E-state index contributed by atoms with van der Waals surface area (Å²) in [5.41, 5.74) is -0.537. The van der Waals surface area contributed by atoms with Crippen molar-refractivity contribution in [2.45, 2.75) is 19.6 Å². The molecule has 0 aliphatic heterocycles. The SMILES string of the molecule is CCn1c(=O)/c(=C/c2c[nH]cn2)s/c1=C(/C#N)C(=O)NCC(F)(F)F. The number of thiazole rings is 1. The number of nitriles is 1. The summed E-state index contributed by atoms with van der Waals surface area (Å²) < 4.78 is 38.1. The molecular formula is C14H12F3N5O2S. The van der Waals surface area contributed by atoms with Crippen molar-refractivity contribution in [3.05, 3.63) is 37.8 Å². The molecular weight excluding hydrogens is 359 g/mol.